The molecule has 142 valence electrons. The van der Waals surface area contributed by atoms with Crippen molar-refractivity contribution >= 4 is 39.0 Å². The van der Waals surface area contributed by atoms with Gasteiger partial charge in [0, 0.05) is 23.0 Å². The molecule has 1 saturated heterocycles. The van der Waals surface area contributed by atoms with E-state index in [0.29, 0.717) is 17.2 Å². The van der Waals surface area contributed by atoms with Crippen molar-refractivity contribution in [3.05, 3.63) is 40.0 Å². The molecule has 0 bridgehead atoms. The highest BCUT2D eigenvalue weighted by Gasteiger charge is 2.26. The van der Waals surface area contributed by atoms with Gasteiger partial charge in [0.25, 0.3) is 0 Å². The monoisotopic (exact) mass is 399 g/mol. The van der Waals surface area contributed by atoms with E-state index in [0.717, 1.165) is 22.6 Å². The molecular weight excluding hydrogens is 374 g/mol. The molecule has 0 aliphatic carbocycles. The van der Waals surface area contributed by atoms with Gasteiger partial charge in [-0.1, -0.05) is 38.1 Å². The lowest BCUT2D eigenvalue weighted by atomic mass is 9.97. The van der Waals surface area contributed by atoms with Crippen molar-refractivity contribution < 1.29 is 0 Å². The molecule has 1 aliphatic heterocycles. The first-order valence-electron chi connectivity index (χ1n) is 9.79. The van der Waals surface area contributed by atoms with Crippen LogP contribution in [0.4, 0.5) is 5.82 Å². The minimum atomic E-state index is 0.346. The lowest BCUT2D eigenvalue weighted by Crippen LogP contribution is -2.38. The summed E-state index contributed by atoms with van der Waals surface area (Å²) in [6, 6.07) is 9.43. The number of fused-ring (bicyclic) bond motifs is 1. The van der Waals surface area contributed by atoms with Gasteiger partial charge in [-0.25, -0.2) is 4.98 Å². The number of benzene rings is 1. The molecule has 0 spiro atoms. The largest absolute Gasteiger partial charge is 0.353 e. The van der Waals surface area contributed by atoms with Crippen LogP contribution in [-0.2, 0) is 0 Å². The molecule has 27 heavy (non-hydrogen) atoms. The van der Waals surface area contributed by atoms with E-state index in [-0.39, 0.29) is 0 Å². The highest BCUT2D eigenvalue weighted by Crippen LogP contribution is 2.43. The Bertz CT molecular complexity index is 962. The van der Waals surface area contributed by atoms with E-state index < -0.39 is 0 Å². The fourth-order valence-electron chi connectivity index (χ4n) is 4.07. The summed E-state index contributed by atoms with van der Waals surface area (Å²) < 4.78 is 0. The summed E-state index contributed by atoms with van der Waals surface area (Å²) in [5.74, 6) is 1.54. The molecule has 1 aliphatic rings. The molecule has 1 unspecified atom stereocenters. The fourth-order valence-corrected chi connectivity index (χ4v) is 5.33. The van der Waals surface area contributed by atoms with Crippen LogP contribution in [0.2, 0.25) is 5.28 Å². The average molecular weight is 400 g/mol. The van der Waals surface area contributed by atoms with Crippen LogP contribution in [0.25, 0.3) is 21.3 Å². The molecule has 1 fully saturated rings. The van der Waals surface area contributed by atoms with Gasteiger partial charge in [-0.3, -0.25) is 0 Å². The van der Waals surface area contributed by atoms with Crippen molar-refractivity contribution in [3.8, 4) is 11.1 Å². The van der Waals surface area contributed by atoms with Gasteiger partial charge in [0.1, 0.15) is 10.6 Å². The summed E-state index contributed by atoms with van der Waals surface area (Å²) in [7, 11) is 0. The second-order valence-corrected chi connectivity index (χ2v) is 9.39. The third kappa shape index (κ3) is 3.45. The zero-order valence-corrected chi connectivity index (χ0v) is 18.0. The Labute approximate surface area is 170 Å². The summed E-state index contributed by atoms with van der Waals surface area (Å²) in [6.07, 6.45) is 3.69. The van der Waals surface area contributed by atoms with E-state index in [2.05, 4.69) is 61.8 Å². The van der Waals surface area contributed by atoms with Crippen molar-refractivity contribution in [2.75, 3.05) is 11.4 Å². The van der Waals surface area contributed by atoms with Gasteiger partial charge in [-0.15, -0.1) is 11.3 Å². The normalized spacial score (nSPS) is 17.9. The number of aromatic nitrogens is 2. The van der Waals surface area contributed by atoms with Crippen molar-refractivity contribution in [2.45, 2.75) is 58.9 Å². The van der Waals surface area contributed by atoms with Gasteiger partial charge in [0.15, 0.2) is 0 Å². The van der Waals surface area contributed by atoms with E-state index in [1.807, 2.05) is 0 Å². The molecule has 0 amide bonds. The third-order valence-electron chi connectivity index (χ3n) is 5.62. The molecule has 1 aromatic carbocycles. The van der Waals surface area contributed by atoms with Crippen molar-refractivity contribution in [2.24, 2.45) is 0 Å². The summed E-state index contributed by atoms with van der Waals surface area (Å²) in [5.41, 5.74) is 3.86. The molecule has 5 heteroatoms. The Hall–Kier alpha value is -1.65. The Morgan fingerprint density at radius 3 is 2.56 bits per heavy atom. The van der Waals surface area contributed by atoms with Crippen LogP contribution >= 0.6 is 22.9 Å². The first-order chi connectivity index (χ1) is 13.0. The van der Waals surface area contributed by atoms with Gasteiger partial charge in [0.05, 0.1) is 5.39 Å². The summed E-state index contributed by atoms with van der Waals surface area (Å²) in [5, 5.41) is 1.51. The minimum absolute atomic E-state index is 0.346. The zero-order chi connectivity index (χ0) is 19.1. The molecule has 3 aromatic rings. The third-order valence-corrected chi connectivity index (χ3v) is 6.79. The predicted molar refractivity (Wildman–Crippen MR) is 117 cm³/mol. The first kappa shape index (κ1) is 18.7. The number of anilines is 1. The standard InChI is InChI=1S/C22H26ClN3S/c1-13(2)16-8-10-17(11-9-16)18-15(4)27-21-19(18)20(24-22(23)25-21)26-12-6-5-7-14(26)3/h8-11,13-14H,5-7,12H2,1-4H3. The SMILES string of the molecule is Cc1sc2nc(Cl)nc(N3CCCCC3C)c2c1-c1ccc(C(C)C)cc1. The maximum absolute atomic E-state index is 6.31. The maximum atomic E-state index is 6.31. The van der Waals surface area contributed by atoms with Gasteiger partial charge in [-0.05, 0) is 61.8 Å². The number of hydrogen-bond acceptors (Lipinski definition) is 4. The van der Waals surface area contributed by atoms with Crippen molar-refractivity contribution in [3.63, 3.8) is 0 Å². The van der Waals surface area contributed by atoms with E-state index in [9.17, 15) is 0 Å². The summed E-state index contributed by atoms with van der Waals surface area (Å²) in [6.45, 7) is 9.95. The Balaban J connectivity index is 1.91. The van der Waals surface area contributed by atoms with E-state index in [1.54, 1.807) is 11.3 Å². The number of hydrogen-bond donors (Lipinski definition) is 0. The molecule has 3 nitrogen and oxygen atoms in total. The number of piperidine rings is 1. The van der Waals surface area contributed by atoms with E-state index in [1.165, 1.54) is 40.8 Å². The predicted octanol–water partition coefficient (Wildman–Crippen LogP) is 6.82. The van der Waals surface area contributed by atoms with Crippen LogP contribution < -0.4 is 4.90 Å². The number of halogens is 1. The van der Waals surface area contributed by atoms with Crippen LogP contribution in [-0.4, -0.2) is 22.6 Å². The molecule has 0 radical (unpaired) electrons. The van der Waals surface area contributed by atoms with Gasteiger partial charge in [-0.2, -0.15) is 4.98 Å². The molecule has 3 heterocycles. The zero-order valence-electron chi connectivity index (χ0n) is 16.4. The lowest BCUT2D eigenvalue weighted by molar-refractivity contribution is 0.482. The maximum Gasteiger partial charge on any atom is 0.225 e. The second kappa shape index (κ2) is 7.40. The Kier molecular flexibility index (Phi) is 5.13. The molecule has 4 rings (SSSR count). The van der Waals surface area contributed by atoms with Crippen LogP contribution in [0.1, 0.15) is 56.4 Å². The van der Waals surface area contributed by atoms with Gasteiger partial charge in [0.2, 0.25) is 5.28 Å². The van der Waals surface area contributed by atoms with Gasteiger partial charge < -0.3 is 4.90 Å². The minimum Gasteiger partial charge on any atom is -0.353 e. The average Bonchev–Trinajstić information content (AvgIpc) is 2.97. The lowest BCUT2D eigenvalue weighted by Gasteiger charge is -2.35. The van der Waals surface area contributed by atoms with E-state index >= 15 is 0 Å². The summed E-state index contributed by atoms with van der Waals surface area (Å²) >= 11 is 8.03. The second-order valence-electron chi connectivity index (χ2n) is 7.84. The Morgan fingerprint density at radius 1 is 1.15 bits per heavy atom. The van der Waals surface area contributed by atoms with Crippen LogP contribution in [0.3, 0.4) is 0 Å². The molecular formula is C22H26ClN3S. The fraction of sp³-hybridized carbons (Fsp3) is 0.455. The number of aryl methyl sites for hydroxylation is 1. The van der Waals surface area contributed by atoms with Crippen molar-refractivity contribution in [1.29, 1.82) is 0 Å². The molecule has 1 atom stereocenters. The topological polar surface area (TPSA) is 29.0 Å². The molecule has 0 saturated carbocycles. The number of rotatable bonds is 3. The van der Waals surface area contributed by atoms with E-state index in [4.69, 9.17) is 16.6 Å². The number of thiophene rings is 1. The highest BCUT2D eigenvalue weighted by atomic mass is 35.5. The summed E-state index contributed by atoms with van der Waals surface area (Å²) in [4.78, 5) is 13.9. The molecule has 0 N–H and O–H groups in total. The van der Waals surface area contributed by atoms with Crippen LogP contribution in [0.5, 0.6) is 0 Å². The quantitative estimate of drug-likeness (QED) is 0.452. The van der Waals surface area contributed by atoms with Crippen LogP contribution in [0, 0.1) is 6.92 Å². The highest BCUT2D eigenvalue weighted by molar-refractivity contribution is 7.19. The molecule has 2 aromatic heterocycles. The number of nitrogens with zero attached hydrogens (tertiary/aromatic N) is 3. The van der Waals surface area contributed by atoms with Gasteiger partial charge >= 0.3 is 0 Å². The van der Waals surface area contributed by atoms with Crippen molar-refractivity contribution in [1.82, 2.24) is 9.97 Å². The smallest absolute Gasteiger partial charge is 0.225 e. The Morgan fingerprint density at radius 2 is 1.89 bits per heavy atom. The van der Waals surface area contributed by atoms with Crippen LogP contribution in [0.15, 0.2) is 24.3 Å². The first-order valence-corrected chi connectivity index (χ1v) is 11.0.